The smallest absolute Gasteiger partial charge is 0.326 e. The average Bonchev–Trinajstić information content (AvgIpc) is 2.97. The van der Waals surface area contributed by atoms with E-state index in [2.05, 4.69) is 12.2 Å². The van der Waals surface area contributed by atoms with Gasteiger partial charge in [-0.25, -0.2) is 0 Å². The molecule has 0 spiro atoms. The summed E-state index contributed by atoms with van der Waals surface area (Å²) in [7, 11) is 1.45. The van der Waals surface area contributed by atoms with Crippen molar-refractivity contribution in [2.24, 2.45) is 0 Å². The van der Waals surface area contributed by atoms with E-state index in [4.69, 9.17) is 4.74 Å². The molecule has 1 saturated carbocycles. The second-order valence-corrected chi connectivity index (χ2v) is 5.15. The van der Waals surface area contributed by atoms with E-state index in [1.54, 1.807) is 11.8 Å². The topological polar surface area (TPSA) is 38.3 Å². The number of rotatable bonds is 6. The Kier molecular flexibility index (Phi) is 4.26. The van der Waals surface area contributed by atoms with Crippen LogP contribution in [0.4, 0.5) is 0 Å². The SMILES string of the molecule is CCSCC(C)(NC1CC1)C(=O)OC. The van der Waals surface area contributed by atoms with Crippen molar-refractivity contribution in [3.05, 3.63) is 0 Å². The van der Waals surface area contributed by atoms with Crippen molar-refractivity contribution >= 4 is 17.7 Å². The minimum Gasteiger partial charge on any atom is -0.468 e. The van der Waals surface area contributed by atoms with Crippen molar-refractivity contribution in [3.8, 4) is 0 Å². The maximum absolute atomic E-state index is 11.6. The Labute approximate surface area is 90.0 Å². The van der Waals surface area contributed by atoms with E-state index >= 15 is 0 Å². The molecule has 0 aromatic rings. The van der Waals surface area contributed by atoms with Crippen molar-refractivity contribution in [1.29, 1.82) is 0 Å². The second-order valence-electron chi connectivity index (χ2n) is 3.88. The predicted octanol–water partition coefficient (Wildman–Crippen LogP) is 1.42. The Hall–Kier alpha value is -0.220. The van der Waals surface area contributed by atoms with E-state index in [0.29, 0.717) is 6.04 Å². The van der Waals surface area contributed by atoms with Crippen molar-refractivity contribution in [1.82, 2.24) is 5.32 Å². The quantitative estimate of drug-likeness (QED) is 0.683. The lowest BCUT2D eigenvalue weighted by Gasteiger charge is -2.27. The summed E-state index contributed by atoms with van der Waals surface area (Å²) < 4.78 is 4.83. The highest BCUT2D eigenvalue weighted by molar-refractivity contribution is 7.99. The lowest BCUT2D eigenvalue weighted by atomic mass is 10.1. The first-order chi connectivity index (χ1) is 6.62. The number of nitrogens with one attached hydrogen (secondary N) is 1. The number of thioether (sulfide) groups is 1. The molecule has 14 heavy (non-hydrogen) atoms. The molecule has 0 radical (unpaired) electrons. The van der Waals surface area contributed by atoms with Gasteiger partial charge in [-0.3, -0.25) is 10.1 Å². The van der Waals surface area contributed by atoms with Gasteiger partial charge in [-0.2, -0.15) is 11.8 Å². The van der Waals surface area contributed by atoms with Crippen LogP contribution in [0.25, 0.3) is 0 Å². The first-order valence-electron chi connectivity index (χ1n) is 5.06. The van der Waals surface area contributed by atoms with Gasteiger partial charge in [-0.15, -0.1) is 0 Å². The van der Waals surface area contributed by atoms with Gasteiger partial charge in [0.15, 0.2) is 0 Å². The van der Waals surface area contributed by atoms with Crippen LogP contribution in [-0.4, -0.2) is 36.2 Å². The van der Waals surface area contributed by atoms with Gasteiger partial charge in [0.2, 0.25) is 0 Å². The molecule has 1 rings (SSSR count). The number of hydrogen-bond donors (Lipinski definition) is 1. The molecule has 0 bridgehead atoms. The van der Waals surface area contributed by atoms with E-state index in [1.165, 1.54) is 20.0 Å². The van der Waals surface area contributed by atoms with Gasteiger partial charge in [-0.05, 0) is 25.5 Å². The molecule has 1 atom stereocenters. The third-order valence-electron chi connectivity index (χ3n) is 2.33. The first-order valence-corrected chi connectivity index (χ1v) is 6.21. The predicted molar refractivity (Wildman–Crippen MR) is 59.6 cm³/mol. The summed E-state index contributed by atoms with van der Waals surface area (Å²) in [5.74, 6) is 1.66. The second kappa shape index (κ2) is 5.03. The summed E-state index contributed by atoms with van der Waals surface area (Å²) in [5, 5.41) is 3.36. The van der Waals surface area contributed by atoms with E-state index in [9.17, 15) is 4.79 Å². The normalized spacial score (nSPS) is 20.2. The fourth-order valence-corrected chi connectivity index (χ4v) is 2.18. The standard InChI is InChI=1S/C10H19NO2S/c1-4-14-7-10(2,9(12)13-3)11-8-5-6-8/h8,11H,4-7H2,1-3H3. The number of hydrogen-bond acceptors (Lipinski definition) is 4. The molecule has 0 aromatic carbocycles. The molecule has 1 aliphatic carbocycles. The largest absolute Gasteiger partial charge is 0.468 e. The third-order valence-corrected chi connectivity index (χ3v) is 3.52. The van der Waals surface area contributed by atoms with Crippen LogP contribution in [0, 0.1) is 0 Å². The highest BCUT2D eigenvalue weighted by atomic mass is 32.2. The van der Waals surface area contributed by atoms with Gasteiger partial charge < -0.3 is 4.74 Å². The molecular weight excluding hydrogens is 198 g/mol. The van der Waals surface area contributed by atoms with Gasteiger partial charge >= 0.3 is 5.97 Å². The molecule has 1 fully saturated rings. The van der Waals surface area contributed by atoms with E-state index in [0.717, 1.165) is 11.5 Å². The summed E-state index contributed by atoms with van der Waals surface area (Å²) in [6.45, 7) is 4.03. The van der Waals surface area contributed by atoms with Gasteiger partial charge in [0.25, 0.3) is 0 Å². The molecule has 1 N–H and O–H groups in total. The van der Waals surface area contributed by atoms with Crippen LogP contribution in [0.3, 0.4) is 0 Å². The average molecular weight is 217 g/mol. The maximum Gasteiger partial charge on any atom is 0.326 e. The number of esters is 1. The Balaban J connectivity index is 2.51. The summed E-state index contributed by atoms with van der Waals surface area (Å²) in [5.41, 5.74) is -0.503. The molecule has 0 aliphatic heterocycles. The molecule has 0 heterocycles. The highest BCUT2D eigenvalue weighted by Gasteiger charge is 2.39. The van der Waals surface area contributed by atoms with Crippen LogP contribution in [-0.2, 0) is 9.53 Å². The monoisotopic (exact) mass is 217 g/mol. The molecule has 0 aromatic heterocycles. The Morgan fingerprint density at radius 3 is 2.71 bits per heavy atom. The number of carbonyl (C=O) groups excluding carboxylic acids is 1. The van der Waals surface area contributed by atoms with Gasteiger partial charge in [-0.1, -0.05) is 6.92 Å². The molecule has 4 heteroatoms. The Morgan fingerprint density at radius 1 is 1.64 bits per heavy atom. The molecule has 82 valence electrons. The first kappa shape index (κ1) is 11.9. The summed E-state index contributed by atoms with van der Waals surface area (Å²) >= 11 is 1.77. The molecule has 1 aliphatic rings. The van der Waals surface area contributed by atoms with Gasteiger partial charge in [0, 0.05) is 11.8 Å². The van der Waals surface area contributed by atoms with Crippen LogP contribution < -0.4 is 5.32 Å². The lowest BCUT2D eigenvalue weighted by molar-refractivity contribution is -0.146. The van der Waals surface area contributed by atoms with Crippen LogP contribution in [0.5, 0.6) is 0 Å². The van der Waals surface area contributed by atoms with Gasteiger partial charge in [0.1, 0.15) is 5.54 Å². The van der Waals surface area contributed by atoms with Crippen molar-refractivity contribution < 1.29 is 9.53 Å². The zero-order chi connectivity index (χ0) is 10.6. The molecule has 1 unspecified atom stereocenters. The van der Waals surface area contributed by atoms with Crippen LogP contribution in [0.15, 0.2) is 0 Å². The number of methoxy groups -OCH3 is 1. The Morgan fingerprint density at radius 2 is 2.29 bits per heavy atom. The van der Waals surface area contributed by atoms with Gasteiger partial charge in [0.05, 0.1) is 7.11 Å². The minimum absolute atomic E-state index is 0.148. The molecule has 0 amide bonds. The van der Waals surface area contributed by atoms with Crippen LogP contribution in [0.1, 0.15) is 26.7 Å². The van der Waals surface area contributed by atoms with E-state index in [1.807, 2.05) is 6.92 Å². The summed E-state index contributed by atoms with van der Waals surface area (Å²) in [4.78, 5) is 11.6. The highest BCUT2D eigenvalue weighted by Crippen LogP contribution is 2.25. The van der Waals surface area contributed by atoms with Crippen LogP contribution >= 0.6 is 11.8 Å². The maximum atomic E-state index is 11.6. The Bertz CT molecular complexity index is 206. The zero-order valence-corrected chi connectivity index (χ0v) is 9.95. The summed E-state index contributed by atoms with van der Waals surface area (Å²) in [6, 6.07) is 0.525. The fourth-order valence-electron chi connectivity index (χ4n) is 1.37. The van der Waals surface area contributed by atoms with Crippen LogP contribution in [0.2, 0.25) is 0 Å². The molecular formula is C10H19NO2S. The fraction of sp³-hybridized carbons (Fsp3) is 0.900. The third kappa shape index (κ3) is 3.17. The van der Waals surface area contributed by atoms with Crippen molar-refractivity contribution in [3.63, 3.8) is 0 Å². The minimum atomic E-state index is -0.503. The van der Waals surface area contributed by atoms with Crippen molar-refractivity contribution in [2.75, 3.05) is 18.6 Å². The van der Waals surface area contributed by atoms with E-state index in [-0.39, 0.29) is 5.97 Å². The molecule has 3 nitrogen and oxygen atoms in total. The lowest BCUT2D eigenvalue weighted by Crippen LogP contribution is -2.53. The number of carbonyl (C=O) groups is 1. The molecule has 0 saturated heterocycles. The number of ether oxygens (including phenoxy) is 1. The van der Waals surface area contributed by atoms with E-state index < -0.39 is 5.54 Å². The van der Waals surface area contributed by atoms with Crippen molar-refractivity contribution in [2.45, 2.75) is 38.3 Å². The zero-order valence-electron chi connectivity index (χ0n) is 9.13. The summed E-state index contributed by atoms with van der Waals surface area (Å²) in [6.07, 6.45) is 2.37.